The lowest BCUT2D eigenvalue weighted by Gasteiger charge is -2.36. The molecule has 1 amide bonds. The lowest BCUT2D eigenvalue weighted by Crippen LogP contribution is -2.48. The summed E-state index contributed by atoms with van der Waals surface area (Å²) in [5.41, 5.74) is 0.441. The Hall–Kier alpha value is -3.20. The minimum absolute atomic E-state index is 0.0712. The molecule has 1 saturated heterocycles. The van der Waals surface area contributed by atoms with Gasteiger partial charge in [-0.1, -0.05) is 11.2 Å². The minimum Gasteiger partial charge on any atom is -0.338 e. The molecule has 0 aliphatic carbocycles. The van der Waals surface area contributed by atoms with E-state index in [-0.39, 0.29) is 24.2 Å². The number of aromatic nitrogens is 4. The van der Waals surface area contributed by atoms with E-state index in [1.807, 2.05) is 4.90 Å². The third-order valence-electron chi connectivity index (χ3n) is 3.99. The highest BCUT2D eigenvalue weighted by atomic mass is 19.1. The molecule has 9 heteroatoms. The Morgan fingerprint density at radius 3 is 2.81 bits per heavy atom. The zero-order valence-electron chi connectivity index (χ0n) is 13.7. The topological polar surface area (TPSA) is 97.0 Å². The van der Waals surface area contributed by atoms with Gasteiger partial charge in [-0.05, 0) is 24.3 Å². The molecule has 8 nitrogen and oxygen atoms in total. The number of likely N-dealkylation sites (tertiary alicyclic amines) is 1. The lowest BCUT2D eigenvalue weighted by molar-refractivity contribution is -0.118. The van der Waals surface area contributed by atoms with Crippen molar-refractivity contribution in [2.24, 2.45) is 0 Å². The molecule has 4 rings (SSSR count). The summed E-state index contributed by atoms with van der Waals surface area (Å²) in [4.78, 5) is 26.4. The normalized spacial score (nSPS) is 14.8. The van der Waals surface area contributed by atoms with Gasteiger partial charge < -0.3 is 9.84 Å². The summed E-state index contributed by atoms with van der Waals surface area (Å²) in [6, 6.07) is 7.51. The second-order valence-corrected chi connectivity index (χ2v) is 5.98. The smallest absolute Gasteiger partial charge is 0.240 e. The van der Waals surface area contributed by atoms with E-state index >= 15 is 0 Å². The summed E-state index contributed by atoms with van der Waals surface area (Å²) in [6.45, 7) is 1.48. The predicted molar refractivity (Wildman–Crippen MR) is 89.5 cm³/mol. The molecular weight excluding hydrogens is 339 g/mol. The van der Waals surface area contributed by atoms with Crippen LogP contribution in [-0.4, -0.2) is 50.5 Å². The average molecular weight is 354 g/mol. The first-order valence-corrected chi connectivity index (χ1v) is 8.06. The van der Waals surface area contributed by atoms with Crippen LogP contribution in [0.5, 0.6) is 0 Å². The molecule has 3 heterocycles. The van der Waals surface area contributed by atoms with Crippen LogP contribution in [-0.2, 0) is 4.79 Å². The Labute approximate surface area is 148 Å². The number of hydrogen-bond acceptors (Lipinski definition) is 7. The van der Waals surface area contributed by atoms with Crippen molar-refractivity contribution in [2.45, 2.75) is 5.92 Å². The second-order valence-electron chi connectivity index (χ2n) is 5.98. The van der Waals surface area contributed by atoms with Crippen molar-refractivity contribution in [3.8, 4) is 11.6 Å². The molecule has 1 N–H and O–H groups in total. The van der Waals surface area contributed by atoms with E-state index in [9.17, 15) is 9.18 Å². The number of nitrogens with one attached hydrogen (secondary N) is 1. The van der Waals surface area contributed by atoms with Crippen molar-refractivity contribution in [3.63, 3.8) is 0 Å². The summed E-state index contributed by atoms with van der Waals surface area (Å²) >= 11 is 0. The average Bonchev–Trinajstić information content (AvgIpc) is 3.08. The first-order valence-electron chi connectivity index (χ1n) is 8.06. The van der Waals surface area contributed by atoms with E-state index < -0.39 is 0 Å². The molecule has 1 aromatic carbocycles. The molecule has 0 unspecified atom stereocenters. The Morgan fingerprint density at radius 2 is 2.04 bits per heavy atom. The van der Waals surface area contributed by atoms with Crippen LogP contribution in [0.2, 0.25) is 0 Å². The van der Waals surface area contributed by atoms with E-state index in [0.717, 1.165) is 0 Å². The fraction of sp³-hybridized carbons (Fsp3) is 0.235. The largest absolute Gasteiger partial charge is 0.338 e. The summed E-state index contributed by atoms with van der Waals surface area (Å²) in [5, 5.41) is 6.57. The highest BCUT2D eigenvalue weighted by Crippen LogP contribution is 2.26. The standard InChI is InChI=1S/C17H15FN6O2/c18-12-3-1-4-13(7-12)21-14(25)10-24-8-11(9-24)17-22-16(23-26-17)15-19-5-2-6-20-15/h1-7,11H,8-10H2,(H,21,25). The zero-order valence-corrected chi connectivity index (χ0v) is 13.7. The summed E-state index contributed by atoms with van der Waals surface area (Å²) in [6.07, 6.45) is 3.22. The molecule has 0 bridgehead atoms. The van der Waals surface area contributed by atoms with Crippen molar-refractivity contribution in [1.82, 2.24) is 25.0 Å². The van der Waals surface area contributed by atoms with Crippen LogP contribution in [0.3, 0.4) is 0 Å². The lowest BCUT2D eigenvalue weighted by atomic mass is 10.0. The number of nitrogens with zero attached hydrogens (tertiary/aromatic N) is 5. The quantitative estimate of drug-likeness (QED) is 0.745. The van der Waals surface area contributed by atoms with Gasteiger partial charge in [0.25, 0.3) is 0 Å². The van der Waals surface area contributed by atoms with Crippen molar-refractivity contribution in [1.29, 1.82) is 0 Å². The number of amides is 1. The van der Waals surface area contributed by atoms with Crippen LogP contribution in [0, 0.1) is 5.82 Å². The number of hydrogen-bond donors (Lipinski definition) is 1. The molecule has 132 valence electrons. The van der Waals surface area contributed by atoms with Gasteiger partial charge in [0.1, 0.15) is 5.82 Å². The number of anilines is 1. The van der Waals surface area contributed by atoms with Crippen LogP contribution in [0.15, 0.2) is 47.2 Å². The van der Waals surface area contributed by atoms with Crippen LogP contribution < -0.4 is 5.32 Å². The van der Waals surface area contributed by atoms with E-state index in [2.05, 4.69) is 25.4 Å². The molecule has 0 atom stereocenters. The SMILES string of the molecule is O=C(CN1CC(c2nc(-c3ncccn3)no2)C1)Nc1cccc(F)c1. The van der Waals surface area contributed by atoms with Gasteiger partial charge in [-0.15, -0.1) is 0 Å². The van der Waals surface area contributed by atoms with Crippen molar-refractivity contribution >= 4 is 11.6 Å². The zero-order chi connectivity index (χ0) is 17.9. The fourth-order valence-corrected chi connectivity index (χ4v) is 2.73. The van der Waals surface area contributed by atoms with Gasteiger partial charge in [0.05, 0.1) is 12.5 Å². The highest BCUT2D eigenvalue weighted by Gasteiger charge is 2.33. The molecule has 26 heavy (non-hydrogen) atoms. The maximum Gasteiger partial charge on any atom is 0.240 e. The highest BCUT2D eigenvalue weighted by molar-refractivity contribution is 5.92. The molecule has 0 saturated carbocycles. The van der Waals surface area contributed by atoms with Gasteiger partial charge in [0.2, 0.25) is 23.4 Å². The number of carbonyl (C=O) groups is 1. The van der Waals surface area contributed by atoms with E-state index in [0.29, 0.717) is 36.3 Å². The van der Waals surface area contributed by atoms with Crippen LogP contribution >= 0.6 is 0 Å². The Kier molecular flexibility index (Phi) is 4.36. The van der Waals surface area contributed by atoms with Gasteiger partial charge in [-0.3, -0.25) is 9.69 Å². The molecule has 2 aromatic heterocycles. The molecular formula is C17H15FN6O2. The Bertz CT molecular complexity index is 910. The summed E-state index contributed by atoms with van der Waals surface area (Å²) in [5.74, 6) is 0.756. The number of benzene rings is 1. The monoisotopic (exact) mass is 354 g/mol. The van der Waals surface area contributed by atoms with Crippen molar-refractivity contribution in [3.05, 3.63) is 54.4 Å². The first-order chi connectivity index (χ1) is 12.7. The summed E-state index contributed by atoms with van der Waals surface area (Å²) < 4.78 is 18.4. The van der Waals surface area contributed by atoms with Crippen LogP contribution in [0.1, 0.15) is 11.8 Å². The Morgan fingerprint density at radius 1 is 1.23 bits per heavy atom. The van der Waals surface area contributed by atoms with E-state index in [1.165, 1.54) is 12.1 Å². The number of rotatable bonds is 5. The third-order valence-corrected chi connectivity index (χ3v) is 3.99. The number of carbonyl (C=O) groups excluding carboxylic acids is 1. The number of halogens is 1. The first kappa shape index (κ1) is 16.3. The van der Waals surface area contributed by atoms with Gasteiger partial charge in [0, 0.05) is 31.2 Å². The van der Waals surface area contributed by atoms with Gasteiger partial charge in [-0.25, -0.2) is 14.4 Å². The minimum atomic E-state index is -0.388. The maximum atomic E-state index is 13.1. The van der Waals surface area contributed by atoms with Crippen molar-refractivity contribution < 1.29 is 13.7 Å². The van der Waals surface area contributed by atoms with Gasteiger partial charge in [0.15, 0.2) is 0 Å². The van der Waals surface area contributed by atoms with Crippen molar-refractivity contribution in [2.75, 3.05) is 25.0 Å². The molecule has 3 aromatic rings. The van der Waals surface area contributed by atoms with Gasteiger partial charge in [-0.2, -0.15) is 4.98 Å². The fourth-order valence-electron chi connectivity index (χ4n) is 2.73. The predicted octanol–water partition coefficient (Wildman–Crippen LogP) is 1.70. The molecule has 1 aliphatic rings. The molecule has 1 fully saturated rings. The van der Waals surface area contributed by atoms with Crippen LogP contribution in [0.4, 0.5) is 10.1 Å². The molecule has 0 radical (unpaired) electrons. The van der Waals surface area contributed by atoms with Gasteiger partial charge >= 0.3 is 0 Å². The molecule has 1 aliphatic heterocycles. The Balaban J connectivity index is 1.29. The van der Waals surface area contributed by atoms with E-state index in [4.69, 9.17) is 4.52 Å². The summed E-state index contributed by atoms with van der Waals surface area (Å²) in [7, 11) is 0. The maximum absolute atomic E-state index is 13.1. The third kappa shape index (κ3) is 3.57. The van der Waals surface area contributed by atoms with Crippen LogP contribution in [0.25, 0.3) is 11.6 Å². The second kappa shape index (κ2) is 6.96. The van der Waals surface area contributed by atoms with E-state index in [1.54, 1.807) is 30.6 Å². The molecule has 0 spiro atoms.